The zero-order valence-electron chi connectivity index (χ0n) is 17.8. The fourth-order valence-corrected chi connectivity index (χ4v) is 5.37. The van der Waals surface area contributed by atoms with Crippen molar-refractivity contribution in [3.8, 4) is 11.3 Å². The van der Waals surface area contributed by atoms with Crippen LogP contribution in [0.1, 0.15) is 24.0 Å². The van der Waals surface area contributed by atoms with Gasteiger partial charge < -0.3 is 9.64 Å². The fourth-order valence-electron chi connectivity index (χ4n) is 4.27. The Morgan fingerprint density at radius 3 is 2.47 bits per heavy atom. The van der Waals surface area contributed by atoms with Gasteiger partial charge in [-0.25, -0.2) is 8.42 Å². The van der Waals surface area contributed by atoms with Crippen molar-refractivity contribution >= 4 is 21.5 Å². The average Bonchev–Trinajstić information content (AvgIpc) is 2.84. The molecule has 2 aromatic carbocycles. The molecule has 0 atom stereocenters. The molecule has 1 aromatic heterocycles. The largest absolute Gasteiger partial charge is 0.378 e. The number of anilines is 2. The third-order valence-electron chi connectivity index (χ3n) is 6.03. The Morgan fingerprint density at radius 1 is 0.875 bits per heavy atom. The Bertz CT molecular complexity index is 1210. The van der Waals surface area contributed by atoms with E-state index in [0.29, 0.717) is 29.5 Å². The van der Waals surface area contributed by atoms with E-state index in [4.69, 9.17) is 4.74 Å². The van der Waals surface area contributed by atoms with Gasteiger partial charge in [0, 0.05) is 24.3 Å². The monoisotopic (exact) mass is 450 g/mol. The number of aryl methyl sites for hydroxylation is 2. The van der Waals surface area contributed by atoms with E-state index in [-0.39, 0.29) is 0 Å². The molecule has 0 spiro atoms. The minimum atomic E-state index is -3.67. The Hall–Kier alpha value is -2.97. The van der Waals surface area contributed by atoms with Gasteiger partial charge in [-0.3, -0.25) is 4.72 Å². The number of morpholine rings is 1. The van der Waals surface area contributed by atoms with Gasteiger partial charge in [0.25, 0.3) is 10.0 Å². The molecular formula is C24H26N4O3S. The average molecular weight is 451 g/mol. The van der Waals surface area contributed by atoms with E-state index < -0.39 is 10.0 Å². The highest BCUT2D eigenvalue weighted by Crippen LogP contribution is 2.27. The summed E-state index contributed by atoms with van der Waals surface area (Å²) in [6.07, 6.45) is 4.24. The Balaban J connectivity index is 1.35. The molecule has 0 saturated carbocycles. The first-order valence-corrected chi connectivity index (χ1v) is 12.5. The number of fused-ring (bicyclic) bond motifs is 1. The number of aromatic nitrogens is 2. The predicted molar refractivity (Wildman–Crippen MR) is 124 cm³/mol. The van der Waals surface area contributed by atoms with Crippen molar-refractivity contribution < 1.29 is 13.2 Å². The van der Waals surface area contributed by atoms with E-state index in [9.17, 15) is 8.42 Å². The van der Waals surface area contributed by atoms with Crippen molar-refractivity contribution in [1.82, 2.24) is 10.2 Å². The molecule has 0 unspecified atom stereocenters. The third kappa shape index (κ3) is 4.47. The van der Waals surface area contributed by atoms with Crippen molar-refractivity contribution in [1.29, 1.82) is 0 Å². The summed E-state index contributed by atoms with van der Waals surface area (Å²) in [5.41, 5.74) is 4.40. The SMILES string of the molecule is O=S(=O)(Nc1cccc(-c2ccc(N3CCOCC3)nn2)c1)c1ccc2c(c1)CCCC2. The standard InChI is InChI=1S/C24H26N4O3S/c29-32(30,22-9-8-18-4-1-2-5-19(18)17-22)27-21-7-3-6-20(16-21)23-10-11-24(26-25-23)28-12-14-31-15-13-28/h3,6-11,16-17,27H,1-2,4-5,12-15H2. The van der Waals surface area contributed by atoms with Crippen molar-refractivity contribution in [3.05, 3.63) is 65.7 Å². The summed E-state index contributed by atoms with van der Waals surface area (Å²) in [4.78, 5) is 2.45. The van der Waals surface area contributed by atoms with Crippen LogP contribution in [0, 0.1) is 0 Å². The number of hydrogen-bond acceptors (Lipinski definition) is 6. The molecule has 1 aliphatic carbocycles. The minimum absolute atomic E-state index is 0.304. The maximum absolute atomic E-state index is 13.0. The number of ether oxygens (including phenoxy) is 1. The van der Waals surface area contributed by atoms with E-state index in [1.165, 1.54) is 12.0 Å². The number of benzene rings is 2. The molecule has 32 heavy (non-hydrogen) atoms. The molecule has 2 heterocycles. The number of nitrogens with zero attached hydrogens (tertiary/aromatic N) is 3. The van der Waals surface area contributed by atoms with E-state index in [1.54, 1.807) is 18.2 Å². The molecule has 0 amide bonds. The van der Waals surface area contributed by atoms with Crippen LogP contribution < -0.4 is 9.62 Å². The summed E-state index contributed by atoms with van der Waals surface area (Å²) >= 11 is 0. The quantitative estimate of drug-likeness (QED) is 0.639. The Kier molecular flexibility index (Phi) is 5.80. The smallest absolute Gasteiger partial charge is 0.261 e. The van der Waals surface area contributed by atoms with Crippen LogP contribution in [0.25, 0.3) is 11.3 Å². The summed E-state index contributed by atoms with van der Waals surface area (Å²) in [6, 6.07) is 16.6. The van der Waals surface area contributed by atoms with Crippen molar-refractivity contribution in [2.45, 2.75) is 30.6 Å². The molecule has 3 aromatic rings. The van der Waals surface area contributed by atoms with E-state index in [2.05, 4.69) is 19.8 Å². The highest BCUT2D eigenvalue weighted by atomic mass is 32.2. The van der Waals surface area contributed by atoms with E-state index >= 15 is 0 Å². The van der Waals surface area contributed by atoms with Gasteiger partial charge in [0.2, 0.25) is 0 Å². The van der Waals surface area contributed by atoms with Gasteiger partial charge in [-0.15, -0.1) is 10.2 Å². The molecule has 1 saturated heterocycles. The van der Waals surface area contributed by atoms with Crippen LogP contribution in [0.5, 0.6) is 0 Å². The minimum Gasteiger partial charge on any atom is -0.378 e. The highest BCUT2D eigenvalue weighted by Gasteiger charge is 2.18. The van der Waals surface area contributed by atoms with Gasteiger partial charge in [-0.05, 0) is 73.2 Å². The van der Waals surface area contributed by atoms with Crippen LogP contribution >= 0.6 is 0 Å². The Morgan fingerprint density at radius 2 is 1.69 bits per heavy atom. The maximum atomic E-state index is 13.0. The molecule has 5 rings (SSSR count). The molecule has 7 nitrogen and oxygen atoms in total. The molecule has 8 heteroatoms. The Labute approximate surface area is 188 Å². The highest BCUT2D eigenvalue weighted by molar-refractivity contribution is 7.92. The number of hydrogen-bond donors (Lipinski definition) is 1. The third-order valence-corrected chi connectivity index (χ3v) is 7.41. The maximum Gasteiger partial charge on any atom is 0.261 e. The summed E-state index contributed by atoms with van der Waals surface area (Å²) in [5, 5.41) is 8.71. The summed E-state index contributed by atoms with van der Waals surface area (Å²) < 4.78 is 34.1. The first kappa shape index (κ1) is 20.9. The van der Waals surface area contributed by atoms with Gasteiger partial charge in [-0.2, -0.15) is 0 Å². The normalized spacial score (nSPS) is 16.4. The first-order valence-electron chi connectivity index (χ1n) is 11.0. The number of sulfonamides is 1. The second-order valence-corrected chi connectivity index (χ2v) is 9.88. The topological polar surface area (TPSA) is 84.4 Å². The van der Waals surface area contributed by atoms with Crippen LogP contribution in [0.4, 0.5) is 11.5 Å². The van der Waals surface area contributed by atoms with Gasteiger partial charge in [0.15, 0.2) is 5.82 Å². The van der Waals surface area contributed by atoms with Crippen LogP contribution in [-0.4, -0.2) is 44.9 Å². The van der Waals surface area contributed by atoms with E-state index in [0.717, 1.165) is 49.3 Å². The van der Waals surface area contributed by atoms with Gasteiger partial charge in [0.05, 0.1) is 23.8 Å². The summed E-state index contributed by atoms with van der Waals surface area (Å²) in [6.45, 7) is 2.98. The van der Waals surface area contributed by atoms with E-state index in [1.807, 2.05) is 36.4 Å². The predicted octanol–water partition coefficient (Wildman–Crippen LogP) is 3.66. The lowest BCUT2D eigenvalue weighted by molar-refractivity contribution is 0.122. The second kappa shape index (κ2) is 8.88. The first-order chi connectivity index (χ1) is 15.6. The lowest BCUT2D eigenvalue weighted by Crippen LogP contribution is -2.36. The summed E-state index contributed by atoms with van der Waals surface area (Å²) in [5.74, 6) is 0.821. The fraction of sp³-hybridized carbons (Fsp3) is 0.333. The number of rotatable bonds is 5. The molecule has 2 aliphatic rings. The number of nitrogens with one attached hydrogen (secondary N) is 1. The zero-order chi connectivity index (χ0) is 22.0. The van der Waals surface area contributed by atoms with Crippen LogP contribution in [0.2, 0.25) is 0 Å². The van der Waals surface area contributed by atoms with Crippen LogP contribution in [0.15, 0.2) is 59.5 Å². The van der Waals surface area contributed by atoms with Crippen molar-refractivity contribution in [2.75, 3.05) is 35.9 Å². The molecule has 0 radical (unpaired) electrons. The summed E-state index contributed by atoms with van der Waals surface area (Å²) in [7, 11) is -3.67. The second-order valence-electron chi connectivity index (χ2n) is 8.20. The van der Waals surface area contributed by atoms with Gasteiger partial charge in [0.1, 0.15) is 0 Å². The van der Waals surface area contributed by atoms with Gasteiger partial charge >= 0.3 is 0 Å². The van der Waals surface area contributed by atoms with Crippen molar-refractivity contribution in [2.24, 2.45) is 0 Å². The van der Waals surface area contributed by atoms with Crippen LogP contribution in [0.3, 0.4) is 0 Å². The molecular weight excluding hydrogens is 424 g/mol. The molecule has 0 bridgehead atoms. The lowest BCUT2D eigenvalue weighted by Gasteiger charge is -2.27. The van der Waals surface area contributed by atoms with Gasteiger partial charge in [-0.1, -0.05) is 18.2 Å². The van der Waals surface area contributed by atoms with Crippen molar-refractivity contribution in [3.63, 3.8) is 0 Å². The van der Waals surface area contributed by atoms with Crippen LogP contribution in [-0.2, 0) is 27.6 Å². The molecule has 1 aliphatic heterocycles. The lowest BCUT2D eigenvalue weighted by atomic mass is 9.92. The molecule has 166 valence electrons. The molecule has 1 N–H and O–H groups in total. The molecule has 1 fully saturated rings. The zero-order valence-corrected chi connectivity index (χ0v) is 18.6.